The van der Waals surface area contributed by atoms with E-state index in [4.69, 9.17) is 0 Å². The van der Waals surface area contributed by atoms with Crippen molar-refractivity contribution in [3.8, 4) is 0 Å². The lowest BCUT2D eigenvalue weighted by atomic mass is 9.90. The van der Waals surface area contributed by atoms with Crippen LogP contribution in [-0.4, -0.2) is 12.5 Å². The van der Waals surface area contributed by atoms with E-state index in [2.05, 4.69) is 46.9 Å². The number of carbonyl (C=O) groups is 1. The molecule has 0 saturated heterocycles. The summed E-state index contributed by atoms with van der Waals surface area (Å²) in [6, 6.07) is 0. The molecule has 0 aromatic heterocycles. The first-order valence-corrected chi connectivity index (χ1v) is 5.87. The van der Waals surface area contributed by atoms with Gasteiger partial charge in [-0.2, -0.15) is 0 Å². The molecule has 0 heterocycles. The maximum absolute atomic E-state index is 11.5. The van der Waals surface area contributed by atoms with Crippen LogP contribution in [0.5, 0.6) is 0 Å². The van der Waals surface area contributed by atoms with E-state index in [0.29, 0.717) is 11.8 Å². The van der Waals surface area contributed by atoms with Crippen molar-refractivity contribution in [1.29, 1.82) is 0 Å². The molecule has 0 rings (SSSR count). The lowest BCUT2D eigenvalue weighted by Gasteiger charge is -2.19. The van der Waals surface area contributed by atoms with Gasteiger partial charge in [-0.15, -0.1) is 0 Å². The molecule has 15 heavy (non-hydrogen) atoms. The number of nitrogens with one attached hydrogen (secondary N) is 1. The summed E-state index contributed by atoms with van der Waals surface area (Å²) in [4.78, 5) is 11.5. The lowest BCUT2D eigenvalue weighted by Crippen LogP contribution is -2.28. The van der Waals surface area contributed by atoms with Crippen molar-refractivity contribution in [3.63, 3.8) is 0 Å². The zero-order valence-corrected chi connectivity index (χ0v) is 11.2. The summed E-state index contributed by atoms with van der Waals surface area (Å²) in [7, 11) is 0. The average Bonchev–Trinajstić information content (AvgIpc) is 1.92. The fraction of sp³-hybridized carbons (Fsp3) is 0.923. The highest BCUT2D eigenvalue weighted by molar-refractivity contribution is 5.76. The van der Waals surface area contributed by atoms with Crippen LogP contribution in [0.25, 0.3) is 0 Å². The molecule has 0 saturated carbocycles. The van der Waals surface area contributed by atoms with Crippen molar-refractivity contribution in [3.05, 3.63) is 0 Å². The minimum Gasteiger partial charge on any atom is -0.356 e. The van der Waals surface area contributed by atoms with Gasteiger partial charge in [0.1, 0.15) is 0 Å². The SMILES string of the molecule is CC(C)(C)CCCNC(=O)CC(C)(C)C. The summed E-state index contributed by atoms with van der Waals surface area (Å²) < 4.78 is 0. The zero-order chi connectivity index (χ0) is 12.1. The molecule has 0 spiro atoms. The summed E-state index contributed by atoms with van der Waals surface area (Å²) in [5, 5.41) is 2.97. The number of amides is 1. The van der Waals surface area contributed by atoms with E-state index < -0.39 is 0 Å². The smallest absolute Gasteiger partial charge is 0.220 e. The Bertz CT molecular complexity index is 196. The molecule has 2 heteroatoms. The van der Waals surface area contributed by atoms with Gasteiger partial charge in [0.15, 0.2) is 0 Å². The van der Waals surface area contributed by atoms with E-state index in [1.807, 2.05) is 0 Å². The van der Waals surface area contributed by atoms with Gasteiger partial charge in [-0.05, 0) is 23.7 Å². The Morgan fingerprint density at radius 3 is 1.93 bits per heavy atom. The second-order valence-corrected chi connectivity index (χ2v) is 6.75. The first kappa shape index (κ1) is 14.5. The fourth-order valence-electron chi connectivity index (χ4n) is 1.39. The first-order chi connectivity index (χ1) is 6.60. The van der Waals surface area contributed by atoms with Crippen LogP contribution in [0.2, 0.25) is 0 Å². The maximum atomic E-state index is 11.5. The fourth-order valence-corrected chi connectivity index (χ4v) is 1.39. The molecule has 0 unspecified atom stereocenters. The highest BCUT2D eigenvalue weighted by atomic mass is 16.1. The number of rotatable bonds is 4. The van der Waals surface area contributed by atoms with E-state index in [9.17, 15) is 4.79 Å². The molecule has 0 fully saturated rings. The van der Waals surface area contributed by atoms with E-state index in [1.165, 1.54) is 0 Å². The van der Waals surface area contributed by atoms with E-state index in [-0.39, 0.29) is 11.3 Å². The van der Waals surface area contributed by atoms with Gasteiger partial charge in [-0.3, -0.25) is 4.79 Å². The minimum absolute atomic E-state index is 0.0914. The van der Waals surface area contributed by atoms with E-state index in [1.54, 1.807) is 0 Å². The van der Waals surface area contributed by atoms with Crippen LogP contribution < -0.4 is 5.32 Å². The van der Waals surface area contributed by atoms with Crippen molar-refractivity contribution in [1.82, 2.24) is 5.32 Å². The number of hydrogen-bond acceptors (Lipinski definition) is 1. The van der Waals surface area contributed by atoms with Crippen LogP contribution in [-0.2, 0) is 4.79 Å². The third-order valence-electron chi connectivity index (χ3n) is 2.12. The molecule has 1 N–H and O–H groups in total. The van der Waals surface area contributed by atoms with E-state index >= 15 is 0 Å². The molecular formula is C13H27NO. The number of carbonyl (C=O) groups excluding carboxylic acids is 1. The normalized spacial score (nSPS) is 12.7. The summed E-state index contributed by atoms with van der Waals surface area (Å²) in [6.07, 6.45) is 2.84. The molecule has 2 nitrogen and oxygen atoms in total. The number of hydrogen-bond donors (Lipinski definition) is 1. The summed E-state index contributed by atoms with van der Waals surface area (Å²) >= 11 is 0. The monoisotopic (exact) mass is 213 g/mol. The van der Waals surface area contributed by atoms with Crippen molar-refractivity contribution >= 4 is 5.91 Å². The Morgan fingerprint density at radius 1 is 1.00 bits per heavy atom. The minimum atomic E-state index is 0.0914. The third-order valence-corrected chi connectivity index (χ3v) is 2.12. The molecule has 0 bridgehead atoms. The van der Waals surface area contributed by atoms with Gasteiger partial charge in [0.05, 0.1) is 0 Å². The maximum Gasteiger partial charge on any atom is 0.220 e. The Labute approximate surface area is 94.8 Å². The van der Waals surface area contributed by atoms with Crippen LogP contribution in [0.1, 0.15) is 60.8 Å². The molecule has 0 aliphatic heterocycles. The standard InChI is InChI=1S/C13H27NO/c1-12(2,3)8-7-9-14-11(15)10-13(4,5)6/h7-10H2,1-6H3,(H,14,15). The van der Waals surface area contributed by atoms with Gasteiger partial charge < -0.3 is 5.32 Å². The molecule has 0 aromatic carbocycles. The Kier molecular flexibility index (Phi) is 5.33. The molecule has 0 aliphatic carbocycles. The van der Waals surface area contributed by atoms with Gasteiger partial charge in [-0.25, -0.2) is 0 Å². The van der Waals surface area contributed by atoms with Gasteiger partial charge >= 0.3 is 0 Å². The molecule has 0 aromatic rings. The second kappa shape index (κ2) is 5.53. The van der Waals surface area contributed by atoms with Gasteiger partial charge in [0.2, 0.25) is 5.91 Å². The molecule has 0 radical (unpaired) electrons. The van der Waals surface area contributed by atoms with Crippen LogP contribution in [0.15, 0.2) is 0 Å². The highest BCUT2D eigenvalue weighted by Crippen LogP contribution is 2.20. The average molecular weight is 213 g/mol. The molecular weight excluding hydrogens is 186 g/mol. The Hall–Kier alpha value is -0.530. The first-order valence-electron chi connectivity index (χ1n) is 5.87. The van der Waals surface area contributed by atoms with Crippen molar-refractivity contribution in [2.24, 2.45) is 10.8 Å². The Morgan fingerprint density at radius 2 is 1.53 bits per heavy atom. The predicted molar refractivity (Wildman–Crippen MR) is 65.8 cm³/mol. The van der Waals surface area contributed by atoms with Crippen LogP contribution in [0.3, 0.4) is 0 Å². The van der Waals surface area contributed by atoms with Crippen LogP contribution in [0.4, 0.5) is 0 Å². The Balaban J connectivity index is 3.57. The molecule has 0 aliphatic rings. The van der Waals surface area contributed by atoms with Crippen LogP contribution in [0, 0.1) is 10.8 Å². The zero-order valence-electron chi connectivity index (χ0n) is 11.2. The lowest BCUT2D eigenvalue weighted by molar-refractivity contribution is -0.122. The summed E-state index contributed by atoms with van der Waals surface area (Å²) in [6.45, 7) is 13.7. The quantitative estimate of drug-likeness (QED) is 0.713. The van der Waals surface area contributed by atoms with Gasteiger partial charge in [0, 0.05) is 13.0 Å². The summed E-state index contributed by atoms with van der Waals surface area (Å²) in [5.74, 6) is 0.177. The molecule has 0 atom stereocenters. The molecule has 1 amide bonds. The van der Waals surface area contributed by atoms with Crippen molar-refractivity contribution in [2.75, 3.05) is 6.54 Å². The van der Waals surface area contributed by atoms with Crippen molar-refractivity contribution < 1.29 is 4.79 Å². The van der Waals surface area contributed by atoms with Crippen molar-refractivity contribution in [2.45, 2.75) is 60.8 Å². The second-order valence-electron chi connectivity index (χ2n) is 6.75. The summed E-state index contributed by atoms with van der Waals surface area (Å²) in [5.41, 5.74) is 0.461. The predicted octanol–water partition coefficient (Wildman–Crippen LogP) is 3.37. The van der Waals surface area contributed by atoms with Gasteiger partial charge in [-0.1, -0.05) is 41.5 Å². The van der Waals surface area contributed by atoms with E-state index in [0.717, 1.165) is 19.4 Å². The van der Waals surface area contributed by atoms with Crippen LogP contribution >= 0.6 is 0 Å². The largest absolute Gasteiger partial charge is 0.356 e. The highest BCUT2D eigenvalue weighted by Gasteiger charge is 2.15. The topological polar surface area (TPSA) is 29.1 Å². The molecule has 90 valence electrons. The third kappa shape index (κ3) is 11.4. The van der Waals surface area contributed by atoms with Gasteiger partial charge in [0.25, 0.3) is 0 Å².